The molecule has 0 radical (unpaired) electrons. The van der Waals surface area contributed by atoms with E-state index in [2.05, 4.69) is 65.6 Å². The van der Waals surface area contributed by atoms with Gasteiger partial charge in [0.25, 0.3) is 0 Å². The first-order chi connectivity index (χ1) is 15.2. The molecule has 1 heterocycles. The number of benzene rings is 3. The molecule has 3 aromatic rings. The van der Waals surface area contributed by atoms with Gasteiger partial charge >= 0.3 is 5.97 Å². The molecule has 1 aliphatic heterocycles. The van der Waals surface area contributed by atoms with Crippen molar-refractivity contribution >= 4 is 17.3 Å². The molecule has 3 unspecified atom stereocenters. The minimum absolute atomic E-state index is 0.178. The van der Waals surface area contributed by atoms with Crippen LogP contribution >= 0.6 is 0 Å². The molecule has 3 atom stereocenters. The van der Waals surface area contributed by atoms with Gasteiger partial charge in [-0.2, -0.15) is 0 Å². The molecule has 3 aromatic carbocycles. The van der Waals surface area contributed by atoms with Crippen molar-refractivity contribution in [1.82, 2.24) is 0 Å². The van der Waals surface area contributed by atoms with Crippen LogP contribution in [0.2, 0.25) is 0 Å². The fraction of sp³-hybridized carbons (Fsp3) is 0.296. The van der Waals surface area contributed by atoms with Crippen molar-refractivity contribution in [3.05, 3.63) is 89.0 Å². The van der Waals surface area contributed by atoms with Gasteiger partial charge < -0.3 is 14.7 Å². The van der Waals surface area contributed by atoms with E-state index in [1.807, 2.05) is 6.07 Å². The lowest BCUT2D eigenvalue weighted by Gasteiger charge is -2.32. The Kier molecular flexibility index (Phi) is 4.27. The topological polar surface area (TPSA) is 49.8 Å². The summed E-state index contributed by atoms with van der Waals surface area (Å²) in [5.74, 6) is 0.531. The number of anilines is 2. The van der Waals surface area contributed by atoms with Gasteiger partial charge in [-0.25, -0.2) is 0 Å². The maximum Gasteiger partial charge on any atom is 0.307 e. The van der Waals surface area contributed by atoms with E-state index in [-0.39, 0.29) is 17.8 Å². The van der Waals surface area contributed by atoms with Crippen molar-refractivity contribution in [2.45, 2.75) is 31.8 Å². The molecule has 2 aliphatic carbocycles. The second-order valence-corrected chi connectivity index (χ2v) is 8.96. The molecule has 4 heteroatoms. The Morgan fingerprint density at radius 2 is 1.90 bits per heavy atom. The van der Waals surface area contributed by atoms with E-state index >= 15 is 0 Å². The number of ether oxygens (including phenoxy) is 1. The van der Waals surface area contributed by atoms with Gasteiger partial charge in [0.1, 0.15) is 12.4 Å². The van der Waals surface area contributed by atoms with Crippen LogP contribution < -0.4 is 9.64 Å². The number of fused-ring (bicyclic) bond motifs is 4. The zero-order chi connectivity index (χ0) is 20.9. The number of aliphatic carboxylic acids is 1. The van der Waals surface area contributed by atoms with E-state index < -0.39 is 5.97 Å². The molecule has 156 valence electrons. The molecule has 0 amide bonds. The quantitative estimate of drug-likeness (QED) is 0.617. The third-order valence-electron chi connectivity index (χ3n) is 7.12. The van der Waals surface area contributed by atoms with Crippen LogP contribution in [0.1, 0.15) is 34.6 Å². The molecule has 1 N–H and O–H groups in total. The Morgan fingerprint density at radius 1 is 1.03 bits per heavy atom. The van der Waals surface area contributed by atoms with E-state index in [0.717, 1.165) is 37.1 Å². The lowest BCUT2D eigenvalue weighted by molar-refractivity contribution is -0.139. The normalized spacial score (nSPS) is 23.0. The average Bonchev–Trinajstić information content (AvgIpc) is 3.40. The van der Waals surface area contributed by atoms with Crippen molar-refractivity contribution in [1.29, 1.82) is 0 Å². The highest BCUT2D eigenvalue weighted by Gasteiger charge is 2.59. The van der Waals surface area contributed by atoms with Gasteiger partial charge in [-0.1, -0.05) is 36.4 Å². The van der Waals surface area contributed by atoms with Crippen molar-refractivity contribution in [3.63, 3.8) is 0 Å². The maximum atomic E-state index is 11.3. The van der Waals surface area contributed by atoms with Crippen LogP contribution in [0.25, 0.3) is 0 Å². The van der Waals surface area contributed by atoms with Crippen LogP contribution in [-0.2, 0) is 24.2 Å². The molecule has 3 aliphatic rings. The van der Waals surface area contributed by atoms with Crippen LogP contribution in [-0.4, -0.2) is 17.6 Å². The highest BCUT2D eigenvalue weighted by Crippen LogP contribution is 2.61. The van der Waals surface area contributed by atoms with Gasteiger partial charge in [-0.3, -0.25) is 4.79 Å². The summed E-state index contributed by atoms with van der Waals surface area (Å²) in [7, 11) is 0. The van der Waals surface area contributed by atoms with Crippen LogP contribution in [0.5, 0.6) is 5.75 Å². The van der Waals surface area contributed by atoms with Crippen LogP contribution in [0, 0.1) is 11.8 Å². The van der Waals surface area contributed by atoms with Gasteiger partial charge in [-0.15, -0.1) is 0 Å². The first-order valence-corrected chi connectivity index (χ1v) is 11.1. The monoisotopic (exact) mass is 411 g/mol. The lowest BCUT2D eigenvalue weighted by Crippen LogP contribution is -2.24. The van der Waals surface area contributed by atoms with Crippen molar-refractivity contribution < 1.29 is 14.6 Å². The summed E-state index contributed by atoms with van der Waals surface area (Å²) in [6.45, 7) is 1.56. The van der Waals surface area contributed by atoms with Crippen molar-refractivity contribution in [3.8, 4) is 5.75 Å². The first-order valence-electron chi connectivity index (χ1n) is 11.1. The molecular formula is C27H25NO3. The van der Waals surface area contributed by atoms with Crippen LogP contribution in [0.15, 0.2) is 66.7 Å². The predicted octanol–water partition coefficient (Wildman–Crippen LogP) is 5.32. The number of hydrogen-bond acceptors (Lipinski definition) is 3. The van der Waals surface area contributed by atoms with Gasteiger partial charge in [-0.05, 0) is 77.8 Å². The number of carbonyl (C=O) groups is 1. The second-order valence-electron chi connectivity index (χ2n) is 8.96. The number of aryl methyl sites for hydroxylation is 1. The lowest BCUT2D eigenvalue weighted by atomic mass is 9.99. The molecular weight excluding hydrogens is 386 g/mol. The van der Waals surface area contributed by atoms with E-state index in [4.69, 9.17) is 4.74 Å². The van der Waals surface area contributed by atoms with Crippen LogP contribution in [0.4, 0.5) is 11.4 Å². The summed E-state index contributed by atoms with van der Waals surface area (Å²) in [5, 5.41) is 9.30. The van der Waals surface area contributed by atoms with E-state index in [1.54, 1.807) is 0 Å². The van der Waals surface area contributed by atoms with Gasteiger partial charge in [0.2, 0.25) is 0 Å². The smallest absolute Gasteiger partial charge is 0.307 e. The number of nitrogens with zero attached hydrogens (tertiary/aromatic N) is 1. The summed E-state index contributed by atoms with van der Waals surface area (Å²) in [6, 6.07) is 23.4. The Balaban J connectivity index is 1.19. The van der Waals surface area contributed by atoms with Crippen molar-refractivity contribution in [2.75, 3.05) is 11.4 Å². The predicted molar refractivity (Wildman–Crippen MR) is 120 cm³/mol. The van der Waals surface area contributed by atoms with Gasteiger partial charge in [0.15, 0.2) is 0 Å². The highest BCUT2D eigenvalue weighted by atomic mass is 16.5. The van der Waals surface area contributed by atoms with Gasteiger partial charge in [0.05, 0.1) is 5.92 Å². The third kappa shape index (κ3) is 3.18. The molecule has 0 saturated heterocycles. The Hall–Kier alpha value is -3.27. The van der Waals surface area contributed by atoms with Gasteiger partial charge in [0, 0.05) is 23.8 Å². The van der Waals surface area contributed by atoms with E-state index in [9.17, 15) is 9.90 Å². The molecule has 31 heavy (non-hydrogen) atoms. The zero-order valence-electron chi connectivity index (χ0n) is 17.3. The summed E-state index contributed by atoms with van der Waals surface area (Å²) in [4.78, 5) is 13.7. The van der Waals surface area contributed by atoms with E-state index in [1.165, 1.54) is 28.1 Å². The Bertz CT molecular complexity index is 1160. The molecule has 0 spiro atoms. The van der Waals surface area contributed by atoms with E-state index in [0.29, 0.717) is 6.61 Å². The SMILES string of the molecule is O=C(O)C1C2Cc3cc(OCc4ccc5c(c4)N(c4ccccc4)CCC5)ccc3C21. The van der Waals surface area contributed by atoms with Crippen molar-refractivity contribution in [2.24, 2.45) is 11.8 Å². The zero-order valence-corrected chi connectivity index (χ0v) is 17.3. The fourth-order valence-corrected chi connectivity index (χ4v) is 5.57. The minimum atomic E-state index is -0.655. The molecule has 1 saturated carbocycles. The standard InChI is InChI=1S/C27H25NO3/c29-27(30)26-23-15-19-14-21(10-11-22(19)25(23)26)31-16-17-8-9-18-5-4-12-28(24(18)13-17)20-6-2-1-3-7-20/h1-3,6-11,13-14,23,25-26H,4-5,12,15-16H2,(H,29,30). The second kappa shape index (κ2) is 7.16. The Labute approximate surface area is 182 Å². The average molecular weight is 412 g/mol. The summed E-state index contributed by atoms with van der Waals surface area (Å²) in [5.41, 5.74) is 7.54. The largest absolute Gasteiger partial charge is 0.489 e. The summed E-state index contributed by atoms with van der Waals surface area (Å²) in [6.07, 6.45) is 3.14. The minimum Gasteiger partial charge on any atom is -0.489 e. The number of para-hydroxylation sites is 1. The first kappa shape index (κ1) is 18.5. The highest BCUT2D eigenvalue weighted by molar-refractivity contribution is 5.78. The molecule has 0 bridgehead atoms. The Morgan fingerprint density at radius 3 is 2.74 bits per heavy atom. The number of hydrogen-bond donors (Lipinski definition) is 1. The number of rotatable bonds is 5. The number of carboxylic acid groups (broad SMARTS) is 1. The molecule has 0 aromatic heterocycles. The molecule has 1 fully saturated rings. The number of carboxylic acids is 1. The summed E-state index contributed by atoms with van der Waals surface area (Å²) < 4.78 is 6.14. The third-order valence-corrected chi connectivity index (χ3v) is 7.12. The molecule has 4 nitrogen and oxygen atoms in total. The maximum absolute atomic E-state index is 11.3. The fourth-order valence-electron chi connectivity index (χ4n) is 5.57. The summed E-state index contributed by atoms with van der Waals surface area (Å²) >= 11 is 0. The molecule has 6 rings (SSSR count). The van der Waals surface area contributed by atoms with Crippen LogP contribution in [0.3, 0.4) is 0 Å².